The Labute approximate surface area is 110 Å². The van der Waals surface area contributed by atoms with Crippen molar-refractivity contribution in [2.24, 2.45) is 0 Å². The van der Waals surface area contributed by atoms with Gasteiger partial charge in [-0.2, -0.15) is 5.01 Å². The lowest BCUT2D eigenvalue weighted by Crippen LogP contribution is -2.55. The zero-order chi connectivity index (χ0) is 12.1. The number of alkyl halides is 1. The minimum atomic E-state index is -0.348. The lowest BCUT2D eigenvalue weighted by atomic mass is 10.2. The van der Waals surface area contributed by atoms with Crippen LogP contribution in [0.25, 0.3) is 0 Å². The first-order valence-corrected chi connectivity index (χ1v) is 7.21. The third-order valence-electron chi connectivity index (χ3n) is 2.84. The van der Waals surface area contributed by atoms with Crippen molar-refractivity contribution in [3.05, 3.63) is 0 Å². The van der Waals surface area contributed by atoms with Crippen molar-refractivity contribution in [3.63, 3.8) is 0 Å². The first-order chi connectivity index (χ1) is 8.25. The van der Waals surface area contributed by atoms with Gasteiger partial charge in [-0.25, -0.2) is 0 Å². The van der Waals surface area contributed by atoms with Crippen LogP contribution in [0.3, 0.4) is 0 Å². The van der Waals surface area contributed by atoms with Gasteiger partial charge in [0, 0.05) is 25.7 Å². The van der Waals surface area contributed by atoms with Gasteiger partial charge in [0.2, 0.25) is 0 Å². The predicted molar refractivity (Wildman–Crippen MR) is 68.8 cm³/mol. The van der Waals surface area contributed by atoms with Crippen molar-refractivity contribution < 1.29 is 4.48 Å². The summed E-state index contributed by atoms with van der Waals surface area (Å²) < 4.78 is 13.4. The van der Waals surface area contributed by atoms with Gasteiger partial charge in [0.05, 0.1) is 0 Å². The molecular formula is C9H19ClFN5S. The highest BCUT2D eigenvalue weighted by molar-refractivity contribution is 7.98. The van der Waals surface area contributed by atoms with E-state index in [0.29, 0.717) is 10.6 Å². The fraction of sp³-hybridized carbons (Fsp3) is 1.00. The molecule has 8 heteroatoms. The Bertz CT molecular complexity index is 233. The molecule has 2 rings (SSSR count). The minimum Gasteiger partial charge on any atom is -0.314 e. The fourth-order valence-electron chi connectivity index (χ4n) is 1.70. The van der Waals surface area contributed by atoms with Crippen molar-refractivity contribution in [2.45, 2.75) is 23.7 Å². The van der Waals surface area contributed by atoms with E-state index in [9.17, 15) is 4.48 Å². The highest BCUT2D eigenvalue weighted by Crippen LogP contribution is 2.30. The molecular weight excluding hydrogens is 265 g/mol. The van der Waals surface area contributed by atoms with Crippen LogP contribution >= 0.6 is 23.5 Å². The largest absolute Gasteiger partial charge is 0.314 e. The second-order valence-electron chi connectivity index (χ2n) is 4.25. The number of hydrazine groups is 1. The minimum absolute atomic E-state index is 0.213. The first-order valence-electron chi connectivity index (χ1n) is 5.94. The number of unbranched alkanes of at least 4 members (excludes halogenated alkanes) is 1. The van der Waals surface area contributed by atoms with Crippen molar-refractivity contribution >= 4 is 23.5 Å². The van der Waals surface area contributed by atoms with Crippen molar-refractivity contribution in [2.75, 3.05) is 32.8 Å². The van der Waals surface area contributed by atoms with Gasteiger partial charge in [-0.1, -0.05) is 16.1 Å². The van der Waals surface area contributed by atoms with E-state index < -0.39 is 0 Å². The van der Waals surface area contributed by atoms with E-state index in [1.54, 1.807) is 5.01 Å². The molecule has 0 amide bonds. The van der Waals surface area contributed by atoms with Crippen LogP contribution in [-0.4, -0.2) is 53.3 Å². The van der Waals surface area contributed by atoms with Crippen LogP contribution in [0, 0.1) is 0 Å². The van der Waals surface area contributed by atoms with Gasteiger partial charge in [0.1, 0.15) is 6.67 Å². The molecule has 3 N–H and O–H groups in total. The van der Waals surface area contributed by atoms with Gasteiger partial charge in [-0.3, -0.25) is 5.43 Å². The monoisotopic (exact) mass is 283 g/mol. The maximum absolute atomic E-state index is 12.8. The smallest absolute Gasteiger partial charge is 0.162 e. The Kier molecular flexibility index (Phi) is 5.75. The number of hydrogen-bond acceptors (Lipinski definition) is 6. The molecule has 5 nitrogen and oxygen atoms in total. The summed E-state index contributed by atoms with van der Waals surface area (Å²) in [5.41, 5.74) is 3.14. The van der Waals surface area contributed by atoms with E-state index in [0.717, 1.165) is 51.0 Å². The number of nitrogens with zero attached hydrogens (tertiary/aromatic N) is 2. The third-order valence-corrected chi connectivity index (χ3v) is 4.09. The SMILES string of the molecule is FN1CN(NCCCCNC2CNC2)C(Cl)S1. The molecule has 1 atom stereocenters. The second-order valence-corrected chi connectivity index (χ2v) is 5.98. The molecule has 2 heterocycles. The fourth-order valence-corrected chi connectivity index (χ4v) is 2.73. The van der Waals surface area contributed by atoms with E-state index in [1.807, 2.05) is 0 Å². The highest BCUT2D eigenvalue weighted by atomic mass is 35.5. The van der Waals surface area contributed by atoms with Crippen molar-refractivity contribution in [1.82, 2.24) is 25.6 Å². The van der Waals surface area contributed by atoms with Crippen molar-refractivity contribution in [3.8, 4) is 0 Å². The zero-order valence-electron chi connectivity index (χ0n) is 9.66. The zero-order valence-corrected chi connectivity index (χ0v) is 11.2. The molecule has 2 fully saturated rings. The van der Waals surface area contributed by atoms with Crippen LogP contribution in [0.2, 0.25) is 0 Å². The molecule has 0 aliphatic carbocycles. The molecule has 2 aliphatic heterocycles. The van der Waals surface area contributed by atoms with Crippen molar-refractivity contribution in [1.29, 1.82) is 0 Å². The topological polar surface area (TPSA) is 42.6 Å². The summed E-state index contributed by atoms with van der Waals surface area (Å²) in [7, 11) is 0. The first kappa shape index (κ1) is 13.8. The molecule has 17 heavy (non-hydrogen) atoms. The van der Waals surface area contributed by atoms with Crippen LogP contribution < -0.4 is 16.1 Å². The van der Waals surface area contributed by atoms with Gasteiger partial charge in [-0.05, 0) is 31.3 Å². The third kappa shape index (κ3) is 4.51. The Morgan fingerprint density at radius 2 is 2.12 bits per heavy atom. The summed E-state index contributed by atoms with van der Waals surface area (Å²) in [6.07, 6.45) is 2.18. The molecule has 0 aromatic heterocycles. The van der Waals surface area contributed by atoms with Crippen LogP contribution in [0.15, 0.2) is 0 Å². The summed E-state index contributed by atoms with van der Waals surface area (Å²) in [5, 5.41) is 8.39. The lowest BCUT2D eigenvalue weighted by molar-refractivity contribution is 0.0752. The van der Waals surface area contributed by atoms with E-state index in [-0.39, 0.29) is 11.5 Å². The summed E-state index contributed by atoms with van der Waals surface area (Å²) in [4.78, 5) is -0.348. The van der Waals surface area contributed by atoms with E-state index in [4.69, 9.17) is 11.6 Å². The molecule has 0 bridgehead atoms. The molecule has 2 aliphatic rings. The Hall–Kier alpha value is 0.370. The van der Waals surface area contributed by atoms with Crippen LogP contribution in [0.5, 0.6) is 0 Å². The van der Waals surface area contributed by atoms with Crippen LogP contribution in [-0.2, 0) is 0 Å². The molecule has 0 spiro atoms. The number of hydrogen-bond donors (Lipinski definition) is 3. The molecule has 0 aromatic rings. The molecule has 0 saturated carbocycles. The Morgan fingerprint density at radius 3 is 2.71 bits per heavy atom. The second kappa shape index (κ2) is 7.08. The van der Waals surface area contributed by atoms with E-state index in [1.165, 1.54) is 0 Å². The van der Waals surface area contributed by atoms with Crippen LogP contribution in [0.4, 0.5) is 4.48 Å². The number of nitrogens with one attached hydrogen (secondary N) is 3. The molecule has 0 radical (unpaired) electrons. The average Bonchev–Trinajstić information content (AvgIpc) is 2.53. The van der Waals surface area contributed by atoms with E-state index in [2.05, 4.69) is 16.1 Å². The average molecular weight is 284 g/mol. The molecule has 0 aromatic carbocycles. The summed E-state index contributed by atoms with van der Waals surface area (Å²) in [6.45, 7) is 4.27. The number of halogens is 2. The summed E-state index contributed by atoms with van der Waals surface area (Å²) in [5.74, 6) is 0. The highest BCUT2D eigenvalue weighted by Gasteiger charge is 2.29. The van der Waals surface area contributed by atoms with Gasteiger partial charge in [0.15, 0.2) is 4.83 Å². The summed E-state index contributed by atoms with van der Waals surface area (Å²) in [6, 6.07) is 0.658. The van der Waals surface area contributed by atoms with Gasteiger partial charge < -0.3 is 10.6 Å². The standard InChI is InChI=1S/C9H19ClFN5S/c10-9-15(7-16(11)17-9)14-4-2-1-3-13-8-5-12-6-8/h8-9,12-14H,1-7H2. The quantitative estimate of drug-likeness (QED) is 0.207. The van der Waals surface area contributed by atoms with E-state index >= 15 is 0 Å². The van der Waals surface area contributed by atoms with Gasteiger partial charge >= 0.3 is 0 Å². The molecule has 100 valence electrons. The predicted octanol–water partition coefficient (Wildman–Crippen LogP) is 0.463. The lowest BCUT2D eigenvalue weighted by Gasteiger charge is -2.28. The molecule has 2 saturated heterocycles. The normalized spacial score (nSPS) is 27.5. The Morgan fingerprint density at radius 1 is 1.35 bits per heavy atom. The van der Waals surface area contributed by atoms with Gasteiger partial charge in [-0.15, -0.1) is 4.48 Å². The molecule has 1 unspecified atom stereocenters. The number of rotatable bonds is 7. The van der Waals surface area contributed by atoms with Crippen LogP contribution in [0.1, 0.15) is 12.8 Å². The summed E-state index contributed by atoms with van der Waals surface area (Å²) >= 11 is 6.89. The maximum Gasteiger partial charge on any atom is 0.162 e. The maximum atomic E-state index is 12.8. The Balaban J connectivity index is 1.43. The van der Waals surface area contributed by atoms with Gasteiger partial charge in [0.25, 0.3) is 0 Å².